The lowest BCUT2D eigenvalue weighted by atomic mass is 10.1. The zero-order valence-corrected chi connectivity index (χ0v) is 18.2. The standard InChI is InChI=1S/C20H16ClF3N2O5S/c1-31-13-7-8-16-14(9-13)15(10-17(27)25-32(2,29)30)18(20(22,23)24)26(16)19(28)11-3-5-12(21)6-4-11/h3-9H,10H2,1-2H3,(H,25,27). The van der Waals surface area contributed by atoms with Crippen LogP contribution in [-0.2, 0) is 27.4 Å². The van der Waals surface area contributed by atoms with Crippen molar-refractivity contribution in [3.8, 4) is 5.75 Å². The van der Waals surface area contributed by atoms with Crippen LogP contribution in [0.1, 0.15) is 21.6 Å². The van der Waals surface area contributed by atoms with Crippen LogP contribution in [0.4, 0.5) is 13.2 Å². The zero-order chi connectivity index (χ0) is 23.8. The molecule has 0 aliphatic rings. The molecule has 0 saturated heterocycles. The van der Waals surface area contributed by atoms with Crippen molar-refractivity contribution in [3.05, 3.63) is 64.3 Å². The second-order valence-electron chi connectivity index (χ2n) is 6.83. The topological polar surface area (TPSA) is 94.5 Å². The molecule has 0 radical (unpaired) electrons. The number of hydrogen-bond donors (Lipinski definition) is 1. The predicted molar refractivity (Wildman–Crippen MR) is 111 cm³/mol. The molecule has 0 aliphatic heterocycles. The van der Waals surface area contributed by atoms with Gasteiger partial charge in [0.2, 0.25) is 15.9 Å². The molecule has 0 atom stereocenters. The third-order valence-corrected chi connectivity index (χ3v) is 5.33. The van der Waals surface area contributed by atoms with Crippen LogP contribution >= 0.6 is 11.6 Å². The molecule has 2 aromatic carbocycles. The smallest absolute Gasteiger partial charge is 0.432 e. The van der Waals surface area contributed by atoms with E-state index in [1.807, 2.05) is 0 Å². The number of ether oxygens (including phenoxy) is 1. The van der Waals surface area contributed by atoms with Crippen molar-refractivity contribution in [1.82, 2.24) is 9.29 Å². The molecular weight excluding hydrogens is 473 g/mol. The van der Waals surface area contributed by atoms with Gasteiger partial charge in [-0.1, -0.05) is 11.6 Å². The third kappa shape index (κ3) is 4.89. The molecule has 0 fully saturated rings. The molecule has 32 heavy (non-hydrogen) atoms. The maximum absolute atomic E-state index is 14.2. The number of hydrogen-bond acceptors (Lipinski definition) is 5. The maximum Gasteiger partial charge on any atom is 0.432 e. The monoisotopic (exact) mass is 488 g/mol. The van der Waals surface area contributed by atoms with E-state index in [-0.39, 0.29) is 27.2 Å². The van der Waals surface area contributed by atoms with E-state index >= 15 is 0 Å². The summed E-state index contributed by atoms with van der Waals surface area (Å²) >= 11 is 5.80. The van der Waals surface area contributed by atoms with E-state index in [0.29, 0.717) is 10.8 Å². The Morgan fingerprint density at radius 3 is 2.28 bits per heavy atom. The lowest BCUT2D eigenvalue weighted by Crippen LogP contribution is -2.31. The molecule has 0 spiro atoms. The van der Waals surface area contributed by atoms with Crippen LogP contribution in [0.25, 0.3) is 10.9 Å². The summed E-state index contributed by atoms with van der Waals surface area (Å²) in [7, 11) is -2.70. The summed E-state index contributed by atoms with van der Waals surface area (Å²) in [6, 6.07) is 9.14. The molecule has 0 saturated carbocycles. The molecule has 0 aliphatic carbocycles. The number of sulfonamides is 1. The highest BCUT2D eigenvalue weighted by Gasteiger charge is 2.41. The molecule has 1 heterocycles. The summed E-state index contributed by atoms with van der Waals surface area (Å²) in [5.41, 5.74) is -2.14. The number of methoxy groups -OCH3 is 1. The van der Waals surface area contributed by atoms with Crippen molar-refractivity contribution in [1.29, 1.82) is 0 Å². The third-order valence-electron chi connectivity index (χ3n) is 4.48. The summed E-state index contributed by atoms with van der Waals surface area (Å²) < 4.78 is 72.4. The van der Waals surface area contributed by atoms with Crippen molar-refractivity contribution in [3.63, 3.8) is 0 Å². The van der Waals surface area contributed by atoms with E-state index in [9.17, 15) is 31.2 Å². The summed E-state index contributed by atoms with van der Waals surface area (Å²) in [5.74, 6) is -2.00. The van der Waals surface area contributed by atoms with E-state index in [4.69, 9.17) is 16.3 Å². The summed E-state index contributed by atoms with van der Waals surface area (Å²) in [5, 5.41) is 0.209. The Hall–Kier alpha value is -3.05. The molecule has 7 nitrogen and oxygen atoms in total. The number of halogens is 4. The number of amides is 1. The predicted octanol–water partition coefficient (Wildman–Crippen LogP) is 3.63. The van der Waals surface area contributed by atoms with Crippen LogP contribution in [0.15, 0.2) is 42.5 Å². The highest BCUT2D eigenvalue weighted by Crippen LogP contribution is 2.40. The van der Waals surface area contributed by atoms with Crippen LogP contribution in [0.5, 0.6) is 5.75 Å². The highest BCUT2D eigenvalue weighted by atomic mass is 35.5. The Balaban J connectivity index is 2.32. The first-order valence-corrected chi connectivity index (χ1v) is 11.2. The van der Waals surface area contributed by atoms with Gasteiger partial charge >= 0.3 is 6.18 Å². The zero-order valence-electron chi connectivity index (χ0n) is 16.7. The molecular formula is C20H16ClF3N2O5S. The number of carbonyl (C=O) groups excluding carboxylic acids is 2. The van der Waals surface area contributed by atoms with Crippen LogP contribution in [0, 0.1) is 0 Å². The average molecular weight is 489 g/mol. The number of fused-ring (bicyclic) bond motifs is 1. The number of benzene rings is 2. The van der Waals surface area contributed by atoms with E-state index in [1.165, 1.54) is 49.6 Å². The Morgan fingerprint density at radius 2 is 1.75 bits per heavy atom. The molecule has 0 unspecified atom stereocenters. The fourth-order valence-electron chi connectivity index (χ4n) is 3.27. The van der Waals surface area contributed by atoms with Crippen molar-refractivity contribution in [2.24, 2.45) is 0 Å². The Labute approximate surface area is 185 Å². The van der Waals surface area contributed by atoms with Gasteiger partial charge < -0.3 is 4.74 Å². The molecule has 3 aromatic rings. The minimum atomic E-state index is -5.05. The lowest BCUT2D eigenvalue weighted by molar-refractivity contribution is -0.142. The number of nitrogens with zero attached hydrogens (tertiary/aromatic N) is 1. The molecule has 1 amide bonds. The second-order valence-corrected chi connectivity index (χ2v) is 9.01. The van der Waals surface area contributed by atoms with E-state index in [1.54, 1.807) is 4.72 Å². The van der Waals surface area contributed by atoms with Crippen molar-refractivity contribution in [2.45, 2.75) is 12.6 Å². The largest absolute Gasteiger partial charge is 0.497 e. The Kier molecular flexibility index (Phi) is 6.25. The van der Waals surface area contributed by atoms with Gasteiger partial charge in [-0.2, -0.15) is 13.2 Å². The van der Waals surface area contributed by atoms with Gasteiger partial charge in [-0.3, -0.25) is 18.9 Å². The number of aromatic nitrogens is 1. The number of rotatable bonds is 5. The number of carbonyl (C=O) groups is 2. The summed E-state index contributed by atoms with van der Waals surface area (Å²) in [6.45, 7) is 0. The fraction of sp³-hybridized carbons (Fsp3) is 0.200. The first-order valence-electron chi connectivity index (χ1n) is 8.91. The Morgan fingerprint density at radius 1 is 1.12 bits per heavy atom. The maximum atomic E-state index is 14.2. The minimum Gasteiger partial charge on any atom is -0.497 e. The van der Waals surface area contributed by atoms with E-state index in [2.05, 4.69) is 0 Å². The van der Waals surface area contributed by atoms with Crippen LogP contribution < -0.4 is 9.46 Å². The average Bonchev–Trinajstić information content (AvgIpc) is 3.00. The van der Waals surface area contributed by atoms with Gasteiger partial charge in [0.25, 0.3) is 5.91 Å². The summed E-state index contributed by atoms with van der Waals surface area (Å²) in [6.07, 6.45) is -5.28. The van der Waals surface area contributed by atoms with Crippen LogP contribution in [-0.4, -0.2) is 38.2 Å². The van der Waals surface area contributed by atoms with E-state index < -0.39 is 45.7 Å². The number of nitrogens with one attached hydrogen (secondary N) is 1. The van der Waals surface area contributed by atoms with Gasteiger partial charge in [-0.15, -0.1) is 0 Å². The van der Waals surface area contributed by atoms with Crippen LogP contribution in [0.3, 0.4) is 0 Å². The van der Waals surface area contributed by atoms with Gasteiger partial charge in [0.15, 0.2) is 0 Å². The first-order chi connectivity index (χ1) is 14.8. The van der Waals surface area contributed by atoms with Crippen molar-refractivity contribution in [2.75, 3.05) is 13.4 Å². The first kappa shape index (κ1) is 23.6. The van der Waals surface area contributed by atoms with Gasteiger partial charge in [0, 0.05) is 21.5 Å². The quantitative estimate of drug-likeness (QED) is 0.592. The highest BCUT2D eigenvalue weighted by molar-refractivity contribution is 7.89. The van der Waals surface area contributed by atoms with Gasteiger partial charge in [0.1, 0.15) is 11.4 Å². The molecule has 0 bridgehead atoms. The van der Waals surface area contributed by atoms with Gasteiger partial charge in [-0.25, -0.2) is 8.42 Å². The SMILES string of the molecule is COc1ccc2c(c1)c(CC(=O)NS(C)(=O)=O)c(C(F)(F)F)n2C(=O)c1ccc(Cl)cc1. The molecule has 1 N–H and O–H groups in total. The molecule has 170 valence electrons. The van der Waals surface area contributed by atoms with Crippen LogP contribution in [0.2, 0.25) is 5.02 Å². The normalized spacial score (nSPS) is 12.1. The van der Waals surface area contributed by atoms with Crippen molar-refractivity contribution >= 4 is 44.3 Å². The summed E-state index contributed by atoms with van der Waals surface area (Å²) in [4.78, 5) is 25.3. The fourth-order valence-corrected chi connectivity index (χ4v) is 3.89. The van der Waals surface area contributed by atoms with Crippen molar-refractivity contribution < 1.29 is 35.9 Å². The minimum absolute atomic E-state index is 0.0697. The Bertz CT molecular complexity index is 1320. The van der Waals surface area contributed by atoms with Gasteiger partial charge in [0.05, 0.1) is 25.3 Å². The lowest BCUT2D eigenvalue weighted by Gasteiger charge is -2.14. The van der Waals surface area contributed by atoms with E-state index in [0.717, 1.165) is 0 Å². The molecule has 12 heteroatoms. The van der Waals surface area contributed by atoms with Gasteiger partial charge in [-0.05, 0) is 42.5 Å². The molecule has 1 aromatic heterocycles. The molecule has 3 rings (SSSR count). The second kappa shape index (κ2) is 8.47. The number of alkyl halides is 3.